The van der Waals surface area contributed by atoms with Crippen molar-refractivity contribution in [2.24, 2.45) is 0 Å². The summed E-state index contributed by atoms with van der Waals surface area (Å²) in [5.41, 5.74) is 7.95. The molecule has 0 bridgehead atoms. The summed E-state index contributed by atoms with van der Waals surface area (Å²) in [5, 5.41) is 3.16. The van der Waals surface area contributed by atoms with Gasteiger partial charge in [0.2, 0.25) is 0 Å². The van der Waals surface area contributed by atoms with Crippen molar-refractivity contribution in [3.05, 3.63) is 59.7 Å². The molecule has 0 heterocycles. The fourth-order valence-electron chi connectivity index (χ4n) is 2.66. The Morgan fingerprint density at radius 3 is 2.03 bits per heavy atom. The molecule has 2 aromatic carbocycles. The van der Waals surface area contributed by atoms with Crippen molar-refractivity contribution >= 4 is 40.6 Å². The number of amides is 1. The van der Waals surface area contributed by atoms with Crippen LogP contribution in [-0.2, 0) is 4.74 Å². The van der Waals surface area contributed by atoms with Crippen LogP contribution in [0.5, 0.6) is 0 Å². The van der Waals surface area contributed by atoms with E-state index in [4.69, 9.17) is 17.0 Å². The summed E-state index contributed by atoms with van der Waals surface area (Å²) in [5.74, 6) is -0.670. The highest BCUT2D eigenvalue weighted by atomic mass is 32.1. The first kappa shape index (κ1) is 22.2. The number of carbonyl (C=O) groups is 2. The van der Waals surface area contributed by atoms with Crippen molar-refractivity contribution in [2.45, 2.75) is 20.8 Å². The third-order valence-corrected chi connectivity index (χ3v) is 4.41. The number of thiocarbonyl (C=S) groups is 1. The molecule has 0 aromatic heterocycles. The maximum atomic E-state index is 12.3. The molecule has 7 nitrogen and oxygen atoms in total. The van der Waals surface area contributed by atoms with Crippen molar-refractivity contribution in [2.75, 3.05) is 29.9 Å². The Labute approximate surface area is 176 Å². The molecule has 29 heavy (non-hydrogen) atoms. The molecule has 0 fully saturated rings. The van der Waals surface area contributed by atoms with E-state index in [-0.39, 0.29) is 17.0 Å². The smallest absolute Gasteiger partial charge is 0.338 e. The average Bonchev–Trinajstić information content (AvgIpc) is 2.74. The highest BCUT2D eigenvalue weighted by molar-refractivity contribution is 7.80. The van der Waals surface area contributed by atoms with Crippen LogP contribution < -0.4 is 21.1 Å². The van der Waals surface area contributed by atoms with Crippen LogP contribution >= 0.6 is 12.2 Å². The number of rotatable bonds is 7. The first-order valence-corrected chi connectivity index (χ1v) is 9.88. The molecule has 3 N–H and O–H groups in total. The number of hydrogen-bond acceptors (Lipinski definition) is 5. The van der Waals surface area contributed by atoms with Crippen LogP contribution in [0.3, 0.4) is 0 Å². The van der Waals surface area contributed by atoms with Gasteiger partial charge in [0.05, 0.1) is 12.2 Å². The zero-order valence-corrected chi connectivity index (χ0v) is 17.6. The Kier molecular flexibility index (Phi) is 8.42. The normalized spacial score (nSPS) is 10.0. The topological polar surface area (TPSA) is 82.7 Å². The van der Waals surface area contributed by atoms with Crippen molar-refractivity contribution in [1.82, 2.24) is 10.9 Å². The maximum Gasteiger partial charge on any atom is 0.338 e. The molecule has 0 radical (unpaired) electrons. The first-order valence-electron chi connectivity index (χ1n) is 9.48. The minimum absolute atomic E-state index is 0.224. The van der Waals surface area contributed by atoms with Gasteiger partial charge in [0.15, 0.2) is 5.11 Å². The zero-order valence-electron chi connectivity index (χ0n) is 16.8. The second-order valence-corrected chi connectivity index (χ2v) is 6.46. The molecule has 1 amide bonds. The fourth-order valence-corrected chi connectivity index (χ4v) is 2.83. The molecular weight excluding hydrogens is 388 g/mol. The van der Waals surface area contributed by atoms with E-state index in [1.807, 2.05) is 12.1 Å². The van der Waals surface area contributed by atoms with E-state index in [1.54, 1.807) is 43.3 Å². The van der Waals surface area contributed by atoms with E-state index >= 15 is 0 Å². The largest absolute Gasteiger partial charge is 0.462 e. The Morgan fingerprint density at radius 1 is 0.897 bits per heavy atom. The molecule has 0 saturated carbocycles. The summed E-state index contributed by atoms with van der Waals surface area (Å²) in [6, 6.07) is 14.1. The molecule has 2 aromatic rings. The van der Waals surface area contributed by atoms with Crippen LogP contribution in [0.1, 0.15) is 41.5 Å². The summed E-state index contributed by atoms with van der Waals surface area (Å²) >= 11 is 5.18. The highest BCUT2D eigenvalue weighted by Crippen LogP contribution is 2.15. The summed E-state index contributed by atoms with van der Waals surface area (Å²) in [6.07, 6.45) is 0. The molecule has 8 heteroatoms. The van der Waals surface area contributed by atoms with Gasteiger partial charge in [-0.05, 0) is 81.5 Å². The standard InChI is InChI=1S/C21H26N4O3S/c1-4-25(5-2)18-13-9-15(10-14-18)19(26)23-24-21(29)22-17-11-7-16(8-12-17)20(27)28-6-3/h7-14H,4-6H2,1-3H3,(H,23,26)(H2,22,24,29). The molecule has 0 saturated heterocycles. The summed E-state index contributed by atoms with van der Waals surface area (Å²) < 4.78 is 4.94. The number of esters is 1. The number of ether oxygens (including phenoxy) is 1. The van der Waals surface area contributed by atoms with Crippen LogP contribution in [0.15, 0.2) is 48.5 Å². The van der Waals surface area contributed by atoms with Gasteiger partial charge in [-0.3, -0.25) is 15.6 Å². The molecule has 154 valence electrons. The molecule has 0 aliphatic rings. The Bertz CT molecular complexity index is 834. The quantitative estimate of drug-likeness (QED) is 0.364. The zero-order chi connectivity index (χ0) is 21.2. The number of hydrogen-bond donors (Lipinski definition) is 3. The predicted octanol–water partition coefficient (Wildman–Crippen LogP) is 3.34. The van der Waals surface area contributed by atoms with Gasteiger partial charge >= 0.3 is 5.97 Å². The molecule has 2 rings (SSSR count). The van der Waals surface area contributed by atoms with Crippen LogP contribution in [0.4, 0.5) is 11.4 Å². The molecule has 0 unspecified atom stereocenters. The molecule has 0 aliphatic carbocycles. The van der Waals surface area contributed by atoms with Crippen LogP contribution in [-0.4, -0.2) is 36.7 Å². The Hall–Kier alpha value is -3.13. The van der Waals surface area contributed by atoms with Crippen LogP contribution in [0.2, 0.25) is 0 Å². The summed E-state index contributed by atoms with van der Waals surface area (Å²) in [6.45, 7) is 8.07. The lowest BCUT2D eigenvalue weighted by atomic mass is 10.2. The first-order chi connectivity index (χ1) is 14.0. The van der Waals surface area contributed by atoms with Crippen LogP contribution in [0, 0.1) is 0 Å². The summed E-state index contributed by atoms with van der Waals surface area (Å²) in [4.78, 5) is 26.1. The second kappa shape index (κ2) is 11.0. The number of hydrazine groups is 1. The van der Waals surface area contributed by atoms with Crippen molar-refractivity contribution in [3.8, 4) is 0 Å². The van der Waals surface area contributed by atoms with Gasteiger partial charge in [-0.25, -0.2) is 4.79 Å². The minimum Gasteiger partial charge on any atom is -0.462 e. The summed E-state index contributed by atoms with van der Waals surface area (Å²) in [7, 11) is 0. The number of carbonyl (C=O) groups excluding carboxylic acids is 2. The average molecular weight is 415 g/mol. The Morgan fingerprint density at radius 2 is 1.48 bits per heavy atom. The highest BCUT2D eigenvalue weighted by Gasteiger charge is 2.09. The van der Waals surface area contributed by atoms with Gasteiger partial charge < -0.3 is 15.0 Å². The molecule has 0 spiro atoms. The van der Waals surface area contributed by atoms with E-state index in [2.05, 4.69) is 34.9 Å². The van der Waals surface area contributed by atoms with Crippen molar-refractivity contribution in [1.29, 1.82) is 0 Å². The lowest BCUT2D eigenvalue weighted by Crippen LogP contribution is -2.43. The van der Waals surface area contributed by atoms with Gasteiger partial charge in [-0.1, -0.05) is 0 Å². The van der Waals surface area contributed by atoms with E-state index < -0.39 is 0 Å². The fraction of sp³-hybridized carbons (Fsp3) is 0.286. The number of benzene rings is 2. The van der Waals surface area contributed by atoms with Crippen LogP contribution in [0.25, 0.3) is 0 Å². The molecule has 0 atom stereocenters. The van der Waals surface area contributed by atoms with Gasteiger partial charge in [0, 0.05) is 30.0 Å². The number of nitrogens with one attached hydrogen (secondary N) is 3. The van der Waals surface area contributed by atoms with E-state index in [0.717, 1.165) is 18.8 Å². The third kappa shape index (κ3) is 6.46. The van der Waals surface area contributed by atoms with Gasteiger partial charge in [0.25, 0.3) is 5.91 Å². The Balaban J connectivity index is 1.85. The van der Waals surface area contributed by atoms with Crippen molar-refractivity contribution < 1.29 is 14.3 Å². The third-order valence-electron chi connectivity index (χ3n) is 4.20. The van der Waals surface area contributed by atoms with Gasteiger partial charge in [-0.15, -0.1) is 0 Å². The lowest BCUT2D eigenvalue weighted by Gasteiger charge is -2.21. The lowest BCUT2D eigenvalue weighted by molar-refractivity contribution is 0.0526. The predicted molar refractivity (Wildman–Crippen MR) is 119 cm³/mol. The van der Waals surface area contributed by atoms with Crippen molar-refractivity contribution in [3.63, 3.8) is 0 Å². The number of anilines is 2. The molecular formula is C21H26N4O3S. The second-order valence-electron chi connectivity index (χ2n) is 6.05. The monoisotopic (exact) mass is 414 g/mol. The van der Waals surface area contributed by atoms with Gasteiger partial charge in [0.1, 0.15) is 0 Å². The minimum atomic E-state index is -0.376. The van der Waals surface area contributed by atoms with E-state index in [0.29, 0.717) is 23.4 Å². The number of nitrogens with zero attached hydrogens (tertiary/aromatic N) is 1. The SMILES string of the molecule is CCOC(=O)c1ccc(NC(=S)NNC(=O)c2ccc(N(CC)CC)cc2)cc1. The maximum absolute atomic E-state index is 12.3. The molecule has 0 aliphatic heterocycles. The van der Waals surface area contributed by atoms with E-state index in [1.165, 1.54) is 0 Å². The van der Waals surface area contributed by atoms with Gasteiger partial charge in [-0.2, -0.15) is 0 Å². The van der Waals surface area contributed by atoms with E-state index in [9.17, 15) is 9.59 Å².